The van der Waals surface area contributed by atoms with E-state index >= 15 is 0 Å². The smallest absolute Gasteiger partial charge is 0.220 e. The van der Waals surface area contributed by atoms with E-state index in [0.717, 1.165) is 11.4 Å². The molecule has 0 saturated heterocycles. The maximum Gasteiger partial charge on any atom is 0.220 e. The number of nitrogens with zero attached hydrogens (tertiary/aromatic N) is 2. The van der Waals surface area contributed by atoms with Gasteiger partial charge in [-0.3, -0.25) is 0 Å². The first-order valence-electron chi connectivity index (χ1n) is 4.13. The van der Waals surface area contributed by atoms with E-state index in [0.29, 0.717) is 18.4 Å². The van der Waals surface area contributed by atoms with Crippen LogP contribution >= 0.6 is 0 Å². The van der Waals surface area contributed by atoms with Crippen LogP contribution in [-0.4, -0.2) is 9.97 Å². The third-order valence-electron chi connectivity index (χ3n) is 2.02. The number of nitrogens with two attached hydrogens (primary N) is 2. The normalized spacial score (nSPS) is 16.4. The molecule has 4 N–H and O–H groups in total. The minimum Gasteiger partial charge on any atom is -0.368 e. The molecule has 0 aromatic carbocycles. The molecular weight excluding hydrogens is 152 g/mol. The molecule has 1 aromatic heterocycles. The molecule has 0 radical (unpaired) electrons. The molecule has 1 aromatic rings. The van der Waals surface area contributed by atoms with Crippen LogP contribution in [0.5, 0.6) is 0 Å². The average Bonchev–Trinajstić information content (AvgIpc) is 2.85. The highest BCUT2D eigenvalue weighted by Gasteiger charge is 2.25. The minimum atomic E-state index is 0.347. The van der Waals surface area contributed by atoms with Gasteiger partial charge in [-0.05, 0) is 18.9 Å². The molecule has 1 aliphatic rings. The Morgan fingerprint density at radius 2 is 2.17 bits per heavy atom. The summed E-state index contributed by atoms with van der Waals surface area (Å²) in [5.74, 6) is 0.959. The molecule has 1 aliphatic carbocycles. The molecule has 0 atom stereocenters. The van der Waals surface area contributed by atoms with Gasteiger partial charge in [0.1, 0.15) is 0 Å². The van der Waals surface area contributed by atoms with Gasteiger partial charge in [-0.15, -0.1) is 0 Å². The van der Waals surface area contributed by atoms with Gasteiger partial charge in [0.2, 0.25) is 5.95 Å². The van der Waals surface area contributed by atoms with Crippen LogP contribution < -0.4 is 11.5 Å². The predicted octanol–water partition coefficient (Wildman–Crippen LogP) is 0.395. The maximum absolute atomic E-state index is 5.52. The first-order valence-corrected chi connectivity index (χ1v) is 4.13. The average molecular weight is 164 g/mol. The molecule has 1 saturated carbocycles. The summed E-state index contributed by atoms with van der Waals surface area (Å²) in [4.78, 5) is 8.16. The van der Waals surface area contributed by atoms with E-state index in [-0.39, 0.29) is 0 Å². The molecular formula is C8H12N4. The molecule has 2 rings (SSSR count). The summed E-state index contributed by atoms with van der Waals surface area (Å²) in [6.07, 6.45) is 2.45. The lowest BCUT2D eigenvalue weighted by Gasteiger charge is -2.01. The summed E-state index contributed by atoms with van der Waals surface area (Å²) in [5.41, 5.74) is 12.9. The fraction of sp³-hybridized carbons (Fsp3) is 0.500. The number of hydrogen-bond donors (Lipinski definition) is 2. The second kappa shape index (κ2) is 2.71. The zero-order chi connectivity index (χ0) is 8.55. The first-order chi connectivity index (χ1) is 5.79. The van der Waals surface area contributed by atoms with Gasteiger partial charge in [0.15, 0.2) is 0 Å². The second-order valence-electron chi connectivity index (χ2n) is 3.12. The molecule has 1 fully saturated rings. The van der Waals surface area contributed by atoms with Crippen LogP contribution in [0, 0.1) is 0 Å². The van der Waals surface area contributed by atoms with Crippen molar-refractivity contribution in [2.75, 3.05) is 5.73 Å². The van der Waals surface area contributed by atoms with Crippen molar-refractivity contribution in [1.82, 2.24) is 9.97 Å². The second-order valence-corrected chi connectivity index (χ2v) is 3.12. The van der Waals surface area contributed by atoms with Crippen molar-refractivity contribution in [2.45, 2.75) is 25.3 Å². The molecule has 0 spiro atoms. The van der Waals surface area contributed by atoms with Gasteiger partial charge in [-0.1, -0.05) is 0 Å². The van der Waals surface area contributed by atoms with Crippen LogP contribution in [0.15, 0.2) is 6.07 Å². The lowest BCUT2D eigenvalue weighted by molar-refractivity contribution is 0.922. The van der Waals surface area contributed by atoms with Gasteiger partial charge in [-0.2, -0.15) is 0 Å². The Labute approximate surface area is 71.0 Å². The molecule has 0 bridgehead atoms. The lowest BCUT2D eigenvalue weighted by Crippen LogP contribution is -2.06. The van der Waals surface area contributed by atoms with E-state index in [1.165, 1.54) is 12.8 Å². The lowest BCUT2D eigenvalue weighted by atomic mass is 10.2. The number of anilines is 1. The Kier molecular flexibility index (Phi) is 1.69. The van der Waals surface area contributed by atoms with Crippen LogP contribution in [0.4, 0.5) is 5.95 Å². The monoisotopic (exact) mass is 164 g/mol. The largest absolute Gasteiger partial charge is 0.368 e. The summed E-state index contributed by atoms with van der Waals surface area (Å²) >= 11 is 0. The van der Waals surface area contributed by atoms with Gasteiger partial charge in [0, 0.05) is 18.2 Å². The quantitative estimate of drug-likeness (QED) is 0.663. The van der Waals surface area contributed by atoms with Crippen LogP contribution in [-0.2, 0) is 6.54 Å². The Morgan fingerprint density at radius 1 is 1.42 bits per heavy atom. The van der Waals surface area contributed by atoms with Crippen molar-refractivity contribution < 1.29 is 0 Å². The fourth-order valence-corrected chi connectivity index (χ4v) is 1.23. The minimum absolute atomic E-state index is 0.347. The van der Waals surface area contributed by atoms with E-state index in [9.17, 15) is 0 Å². The van der Waals surface area contributed by atoms with Gasteiger partial charge >= 0.3 is 0 Å². The zero-order valence-corrected chi connectivity index (χ0v) is 6.83. The van der Waals surface area contributed by atoms with Gasteiger partial charge in [-0.25, -0.2) is 9.97 Å². The SMILES string of the molecule is NCc1cc(C2CC2)nc(N)n1. The van der Waals surface area contributed by atoms with Crippen molar-refractivity contribution in [3.8, 4) is 0 Å². The molecule has 0 amide bonds. The molecule has 12 heavy (non-hydrogen) atoms. The molecule has 0 aliphatic heterocycles. The van der Waals surface area contributed by atoms with Gasteiger partial charge < -0.3 is 11.5 Å². The number of rotatable bonds is 2. The van der Waals surface area contributed by atoms with E-state index in [4.69, 9.17) is 11.5 Å². The van der Waals surface area contributed by atoms with E-state index in [2.05, 4.69) is 9.97 Å². The number of aromatic nitrogens is 2. The molecule has 64 valence electrons. The molecule has 4 heteroatoms. The molecule has 0 unspecified atom stereocenters. The van der Waals surface area contributed by atoms with Crippen molar-refractivity contribution in [1.29, 1.82) is 0 Å². The van der Waals surface area contributed by atoms with Crippen molar-refractivity contribution >= 4 is 5.95 Å². The Morgan fingerprint density at radius 3 is 2.75 bits per heavy atom. The topological polar surface area (TPSA) is 77.8 Å². The van der Waals surface area contributed by atoms with Crippen molar-refractivity contribution in [2.24, 2.45) is 5.73 Å². The van der Waals surface area contributed by atoms with Crippen LogP contribution in [0.3, 0.4) is 0 Å². The van der Waals surface area contributed by atoms with Crippen molar-refractivity contribution in [3.05, 3.63) is 17.5 Å². The highest BCUT2D eigenvalue weighted by Crippen LogP contribution is 2.39. The van der Waals surface area contributed by atoms with Crippen LogP contribution in [0.25, 0.3) is 0 Å². The summed E-state index contributed by atoms with van der Waals surface area (Å²) in [6, 6.07) is 1.95. The third-order valence-corrected chi connectivity index (χ3v) is 2.02. The standard InChI is InChI=1S/C8H12N4/c9-4-6-3-7(5-1-2-5)12-8(10)11-6/h3,5H,1-2,4,9H2,(H2,10,11,12). The fourth-order valence-electron chi connectivity index (χ4n) is 1.23. The summed E-state index contributed by atoms with van der Waals surface area (Å²) in [6.45, 7) is 0.437. The van der Waals surface area contributed by atoms with Crippen LogP contribution in [0.1, 0.15) is 30.1 Å². The highest BCUT2D eigenvalue weighted by atomic mass is 15.0. The zero-order valence-electron chi connectivity index (χ0n) is 6.83. The highest BCUT2D eigenvalue weighted by molar-refractivity contribution is 5.26. The van der Waals surface area contributed by atoms with E-state index < -0.39 is 0 Å². The Hall–Kier alpha value is -1.16. The van der Waals surface area contributed by atoms with Crippen molar-refractivity contribution in [3.63, 3.8) is 0 Å². The predicted molar refractivity (Wildman–Crippen MR) is 46.3 cm³/mol. The number of nitrogen functional groups attached to an aromatic ring is 1. The Balaban J connectivity index is 2.34. The molecule has 4 nitrogen and oxygen atoms in total. The molecule has 1 heterocycles. The Bertz CT molecular complexity index is 293. The van der Waals surface area contributed by atoms with E-state index in [1.54, 1.807) is 0 Å². The van der Waals surface area contributed by atoms with Gasteiger partial charge in [0.05, 0.1) is 5.69 Å². The number of hydrogen-bond acceptors (Lipinski definition) is 4. The first kappa shape index (κ1) is 7.49. The van der Waals surface area contributed by atoms with E-state index in [1.807, 2.05) is 6.07 Å². The maximum atomic E-state index is 5.52. The van der Waals surface area contributed by atoms with Crippen LogP contribution in [0.2, 0.25) is 0 Å². The summed E-state index contributed by atoms with van der Waals surface area (Å²) in [5, 5.41) is 0. The third kappa shape index (κ3) is 1.38. The van der Waals surface area contributed by atoms with Gasteiger partial charge in [0.25, 0.3) is 0 Å². The summed E-state index contributed by atoms with van der Waals surface area (Å²) in [7, 11) is 0. The summed E-state index contributed by atoms with van der Waals surface area (Å²) < 4.78 is 0.